The molecule has 1 aromatic carbocycles. The van der Waals surface area contributed by atoms with Gasteiger partial charge in [-0.2, -0.15) is 0 Å². The van der Waals surface area contributed by atoms with E-state index in [-0.39, 0.29) is 5.91 Å². The molecule has 2 aliphatic heterocycles. The van der Waals surface area contributed by atoms with Crippen molar-refractivity contribution in [2.24, 2.45) is 0 Å². The van der Waals surface area contributed by atoms with E-state index in [1.165, 1.54) is 5.56 Å². The molecule has 7 heteroatoms. The zero-order valence-corrected chi connectivity index (χ0v) is 17.1. The molecule has 0 saturated carbocycles. The summed E-state index contributed by atoms with van der Waals surface area (Å²) in [4.78, 5) is 26.8. The lowest BCUT2D eigenvalue weighted by atomic mass is 10.0. The first-order valence-corrected chi connectivity index (χ1v) is 10.4. The van der Waals surface area contributed by atoms with E-state index in [2.05, 4.69) is 32.2 Å². The van der Waals surface area contributed by atoms with Gasteiger partial charge in [0.15, 0.2) is 0 Å². The number of fused-ring (bicyclic) bond motifs is 1. The summed E-state index contributed by atoms with van der Waals surface area (Å²) < 4.78 is 5.20. The minimum atomic E-state index is -0.0745. The lowest BCUT2D eigenvalue weighted by molar-refractivity contribution is 0.0940. The average molecular weight is 396 g/mol. The Balaban J connectivity index is 1.54. The smallest absolute Gasteiger partial charge is 0.270 e. The number of carbonyl (C=O) groups excluding carboxylic acids is 1. The van der Waals surface area contributed by atoms with Crippen LogP contribution >= 0.6 is 0 Å². The first-order valence-electron chi connectivity index (χ1n) is 10.4. The van der Waals surface area contributed by atoms with E-state index in [1.54, 1.807) is 7.11 Å². The van der Waals surface area contributed by atoms with Crippen LogP contribution in [0.15, 0.2) is 30.3 Å². The summed E-state index contributed by atoms with van der Waals surface area (Å²) in [6.45, 7) is 6.14. The molecule has 0 spiro atoms. The molecule has 1 aromatic heterocycles. The van der Waals surface area contributed by atoms with Crippen LogP contribution in [0.25, 0.3) is 0 Å². The van der Waals surface area contributed by atoms with Crippen molar-refractivity contribution in [3.8, 4) is 0 Å². The predicted molar refractivity (Wildman–Crippen MR) is 112 cm³/mol. The summed E-state index contributed by atoms with van der Waals surface area (Å²) >= 11 is 0. The highest BCUT2D eigenvalue weighted by atomic mass is 16.5. The second kappa shape index (κ2) is 9.33. The largest absolute Gasteiger partial charge is 0.383 e. The lowest BCUT2D eigenvalue weighted by Gasteiger charge is -2.36. The molecule has 1 N–H and O–H groups in total. The molecule has 2 aliphatic rings. The molecule has 7 nitrogen and oxygen atoms in total. The zero-order valence-electron chi connectivity index (χ0n) is 17.1. The third-order valence-electron chi connectivity index (χ3n) is 5.67. The van der Waals surface area contributed by atoms with Crippen molar-refractivity contribution < 1.29 is 9.53 Å². The molecule has 4 rings (SSSR count). The van der Waals surface area contributed by atoms with Gasteiger partial charge in [0, 0.05) is 58.4 Å². The molecule has 3 heterocycles. The van der Waals surface area contributed by atoms with E-state index in [0.29, 0.717) is 12.2 Å². The van der Waals surface area contributed by atoms with Crippen LogP contribution in [0.4, 0.5) is 5.82 Å². The first-order chi connectivity index (χ1) is 14.2. The predicted octanol–water partition coefficient (Wildman–Crippen LogP) is 1.32. The number of hydrogen-bond acceptors (Lipinski definition) is 6. The van der Waals surface area contributed by atoms with Crippen LogP contribution in [-0.2, 0) is 24.0 Å². The molecule has 0 aliphatic carbocycles. The van der Waals surface area contributed by atoms with Crippen LogP contribution in [-0.4, -0.2) is 73.8 Å². The minimum absolute atomic E-state index is 0.0745. The van der Waals surface area contributed by atoms with Crippen LogP contribution in [0.1, 0.15) is 27.4 Å². The Hall–Kier alpha value is -2.51. The number of benzene rings is 1. The minimum Gasteiger partial charge on any atom is -0.383 e. The van der Waals surface area contributed by atoms with Gasteiger partial charge >= 0.3 is 0 Å². The van der Waals surface area contributed by atoms with Crippen molar-refractivity contribution >= 4 is 11.7 Å². The normalized spacial score (nSPS) is 17.1. The monoisotopic (exact) mass is 395 g/mol. The Morgan fingerprint density at radius 3 is 2.62 bits per heavy atom. The molecule has 154 valence electrons. The van der Waals surface area contributed by atoms with Gasteiger partial charge in [-0.3, -0.25) is 9.69 Å². The Bertz CT molecular complexity index is 835. The summed E-state index contributed by atoms with van der Waals surface area (Å²) in [7, 11) is 1.74. The van der Waals surface area contributed by atoms with Gasteiger partial charge < -0.3 is 15.0 Å². The fourth-order valence-corrected chi connectivity index (χ4v) is 4.00. The van der Waals surface area contributed by atoms with Gasteiger partial charge in [-0.05, 0) is 18.4 Å². The molecule has 2 aromatic rings. The van der Waals surface area contributed by atoms with Crippen molar-refractivity contribution in [2.75, 3.05) is 57.9 Å². The molecule has 1 saturated heterocycles. The number of piperazine rings is 1. The number of hydrogen-bond donors (Lipinski definition) is 1. The molecule has 0 radical (unpaired) electrons. The first kappa shape index (κ1) is 19.8. The van der Waals surface area contributed by atoms with Crippen molar-refractivity contribution in [1.82, 2.24) is 20.2 Å². The molecule has 0 bridgehead atoms. The number of amides is 1. The highest BCUT2D eigenvalue weighted by Crippen LogP contribution is 2.25. The maximum atomic E-state index is 12.5. The highest BCUT2D eigenvalue weighted by molar-refractivity contribution is 5.96. The van der Waals surface area contributed by atoms with Crippen molar-refractivity contribution in [1.29, 1.82) is 0 Å². The topological polar surface area (TPSA) is 70.6 Å². The molecular weight excluding hydrogens is 366 g/mol. The molecule has 1 amide bonds. The summed E-state index contributed by atoms with van der Waals surface area (Å²) in [6.07, 6.45) is 2.39. The number of nitrogens with one attached hydrogen (secondary N) is 1. The molecule has 29 heavy (non-hydrogen) atoms. The number of aryl methyl sites for hydroxylation is 2. The number of aromatic nitrogens is 2. The standard InChI is InChI=1S/C22H29N5O2/c1-29-16-15-26-11-13-27(14-12-26)21-18-9-10-23-22(28)20(18)24-19(25-21)8-7-17-5-3-2-4-6-17/h2-6H,7-16H2,1H3,(H,23,28). The zero-order chi connectivity index (χ0) is 20.1. The van der Waals surface area contributed by atoms with Crippen LogP contribution in [0.3, 0.4) is 0 Å². The third kappa shape index (κ3) is 4.74. The van der Waals surface area contributed by atoms with Crippen molar-refractivity contribution in [2.45, 2.75) is 19.3 Å². The summed E-state index contributed by atoms with van der Waals surface area (Å²) in [5.74, 6) is 1.63. The van der Waals surface area contributed by atoms with Gasteiger partial charge in [-0.25, -0.2) is 9.97 Å². The van der Waals surface area contributed by atoms with Crippen LogP contribution < -0.4 is 10.2 Å². The van der Waals surface area contributed by atoms with Crippen LogP contribution in [0.5, 0.6) is 0 Å². The van der Waals surface area contributed by atoms with Crippen LogP contribution in [0, 0.1) is 0 Å². The fraction of sp³-hybridized carbons (Fsp3) is 0.500. The molecule has 0 atom stereocenters. The van der Waals surface area contributed by atoms with E-state index >= 15 is 0 Å². The SMILES string of the molecule is COCCN1CCN(c2nc(CCc3ccccc3)nc3c2CCNC3=O)CC1. The Labute approximate surface area is 172 Å². The van der Waals surface area contributed by atoms with Crippen molar-refractivity contribution in [3.05, 3.63) is 53.0 Å². The fourth-order valence-electron chi connectivity index (χ4n) is 4.00. The van der Waals surface area contributed by atoms with Gasteiger partial charge in [0.2, 0.25) is 0 Å². The molecule has 0 unspecified atom stereocenters. The second-order valence-electron chi connectivity index (χ2n) is 7.60. The number of anilines is 1. The number of methoxy groups -OCH3 is 1. The van der Waals surface area contributed by atoms with Gasteiger partial charge in [0.05, 0.1) is 6.61 Å². The quantitative estimate of drug-likeness (QED) is 0.762. The number of rotatable bonds is 7. The van der Waals surface area contributed by atoms with Gasteiger partial charge in [0.1, 0.15) is 17.3 Å². The summed E-state index contributed by atoms with van der Waals surface area (Å²) in [6, 6.07) is 10.3. The summed E-state index contributed by atoms with van der Waals surface area (Å²) in [5, 5.41) is 2.93. The van der Waals surface area contributed by atoms with Gasteiger partial charge in [-0.1, -0.05) is 30.3 Å². The number of ether oxygens (including phenoxy) is 1. The molecule has 1 fully saturated rings. The number of carbonyl (C=O) groups is 1. The maximum absolute atomic E-state index is 12.5. The van der Waals surface area contributed by atoms with Gasteiger partial charge in [-0.15, -0.1) is 0 Å². The Kier molecular flexibility index (Phi) is 6.36. The maximum Gasteiger partial charge on any atom is 0.270 e. The van der Waals surface area contributed by atoms with E-state index in [4.69, 9.17) is 9.72 Å². The van der Waals surface area contributed by atoms with E-state index in [9.17, 15) is 4.79 Å². The Morgan fingerprint density at radius 2 is 1.86 bits per heavy atom. The second-order valence-corrected chi connectivity index (χ2v) is 7.60. The Morgan fingerprint density at radius 1 is 1.07 bits per heavy atom. The van der Waals surface area contributed by atoms with E-state index < -0.39 is 0 Å². The lowest BCUT2D eigenvalue weighted by Crippen LogP contribution is -2.48. The molecular formula is C22H29N5O2. The third-order valence-corrected chi connectivity index (χ3v) is 5.67. The van der Waals surface area contributed by atoms with E-state index in [0.717, 1.165) is 75.8 Å². The van der Waals surface area contributed by atoms with Crippen LogP contribution in [0.2, 0.25) is 0 Å². The summed E-state index contributed by atoms with van der Waals surface area (Å²) in [5.41, 5.74) is 2.82. The highest BCUT2D eigenvalue weighted by Gasteiger charge is 2.28. The van der Waals surface area contributed by atoms with Gasteiger partial charge in [0.25, 0.3) is 5.91 Å². The van der Waals surface area contributed by atoms with Crippen molar-refractivity contribution in [3.63, 3.8) is 0 Å². The number of nitrogens with zero attached hydrogens (tertiary/aromatic N) is 4. The average Bonchev–Trinajstić information content (AvgIpc) is 2.77. The van der Waals surface area contributed by atoms with E-state index in [1.807, 2.05) is 18.2 Å².